The molecule has 4 N–H and O–H groups in total. The molecule has 4 saturated heterocycles. The molecule has 126 heavy (non-hydrogen) atoms. The van der Waals surface area contributed by atoms with Crippen LogP contribution in [0.25, 0.3) is 77.2 Å². The van der Waals surface area contributed by atoms with Crippen molar-refractivity contribution in [3.8, 4) is 44.5 Å². The molecule has 1 saturated carbocycles. The smallest absolute Gasteiger partial charge is 0.227 e. The maximum Gasteiger partial charge on any atom is 0.227 e. The lowest BCUT2D eigenvalue weighted by Crippen LogP contribution is -2.43. The summed E-state index contributed by atoms with van der Waals surface area (Å²) in [5.41, 5.74) is 19.0. The third kappa shape index (κ3) is 20.3. The van der Waals surface area contributed by atoms with Gasteiger partial charge in [0, 0.05) is 205 Å². The average Bonchev–Trinajstić information content (AvgIpc) is 1.45. The quantitative estimate of drug-likeness (QED) is 0.0507. The molecule has 1 aliphatic carbocycles. The van der Waals surface area contributed by atoms with Crippen molar-refractivity contribution in [2.75, 3.05) is 44.2 Å². The van der Waals surface area contributed by atoms with E-state index in [1.807, 2.05) is 116 Å². The standard InChI is InChI=1S/C27H32N4O.C27H30N4O.C26H34N4O.C26H28N4O/c1-27(2)15-21(19-31(27)26(32)13-20-7-4-3-5-8-20)18-30-12-6-9-23-14-22(10-11-25(23)30)24-16-28-29-17-24;1-27(2)15-21(19-31(27)26(32)11-8-20-6-4-3-5-7-20)18-30-13-12-23-14-22(9-10-25(23)30)24-16-28-29-17-24;1-26(2)14-20(18-30(26)25(31)12-19-6-4-3-5-7-19)17-29-11-10-22-13-21(8-9-24(22)29)23-15-27-28-16-23;1-19-13-21(18-30(19)26(31)10-7-20-5-3-2-4-6-20)17-29-12-11-23-14-22(8-9-25(23)29)24-15-27-28-16-24/h3-5,7-8,10-11,14,16-17,21H,6,9,12-13,15,18-19H2,1-2H3,(H,28,29);3-7,9-10,12-14,16-17,21H,8,11,15,18-19H2,1-2H3,(H,28,29);8-11,13,15-16,19-20H,3-7,12,14,17-18H2,1-2H3,(H,27,28);2-6,8-9,11-12,14-16,19,21H,7,10,13,17-18H2,1H3,(H,27,28). The van der Waals surface area contributed by atoms with Gasteiger partial charge in [-0.15, -0.1) is 0 Å². The van der Waals surface area contributed by atoms with E-state index in [0.717, 1.165) is 138 Å². The molecule has 5 aliphatic heterocycles. The SMILES string of the molecule is CC1(C)CC(CN2CCCc3cc(-c4cn[nH]c4)ccc32)CN1C(=O)Cc1ccccc1.CC1(C)CC(Cn2ccc3cc(-c4cn[nH]c4)ccc32)CN1C(=O)CC1CCCCC1.CC1(C)CC(Cn2ccc3cc(-c4cn[nH]c4)ccc32)CN1C(=O)CCc1ccccc1.CC1CC(Cn2ccc3cc(-c4cn[nH]c4)ccc32)CN1C(=O)CCc1ccccc1. The fourth-order valence-corrected chi connectivity index (χ4v) is 21.6. The summed E-state index contributed by atoms with van der Waals surface area (Å²) in [4.78, 5) is 63.2. The van der Waals surface area contributed by atoms with Crippen molar-refractivity contribution in [1.29, 1.82) is 0 Å². The average molecular weight is 1690 g/mol. The van der Waals surface area contributed by atoms with Crippen molar-refractivity contribution < 1.29 is 19.2 Å². The summed E-state index contributed by atoms with van der Waals surface area (Å²) in [6, 6.07) is 64.1. The summed E-state index contributed by atoms with van der Waals surface area (Å²) < 4.78 is 7.04. The first-order chi connectivity index (χ1) is 61.1. The predicted molar refractivity (Wildman–Crippen MR) is 505 cm³/mol. The molecule has 4 amide bonds. The maximum atomic E-state index is 13.2. The minimum absolute atomic E-state index is 0.0478. The zero-order valence-corrected chi connectivity index (χ0v) is 74.5. The van der Waals surface area contributed by atoms with Crippen LogP contribution in [0.15, 0.2) is 250 Å². The monoisotopic (exact) mass is 1680 g/mol. The van der Waals surface area contributed by atoms with Crippen LogP contribution in [-0.4, -0.2) is 160 Å². The van der Waals surface area contributed by atoms with Crippen LogP contribution in [0, 0.1) is 29.6 Å². The Kier molecular flexibility index (Phi) is 26.1. The largest absolute Gasteiger partial charge is 0.371 e. The molecule has 6 aliphatic rings. The van der Waals surface area contributed by atoms with Gasteiger partial charge in [-0.2, -0.15) is 20.4 Å². The number of carbonyl (C=O) groups excluding carboxylic acids is 4. The summed E-state index contributed by atoms with van der Waals surface area (Å²) in [7, 11) is 0. The highest BCUT2D eigenvalue weighted by Crippen LogP contribution is 2.42. The molecule has 0 bridgehead atoms. The Morgan fingerprint density at radius 1 is 0.389 bits per heavy atom. The minimum atomic E-state index is -0.101. The van der Waals surface area contributed by atoms with Gasteiger partial charge >= 0.3 is 0 Å². The van der Waals surface area contributed by atoms with Gasteiger partial charge in [0.1, 0.15) is 0 Å². The van der Waals surface area contributed by atoms with Gasteiger partial charge in [-0.1, -0.05) is 135 Å². The molecule has 20 rings (SSSR count). The first kappa shape index (κ1) is 85.8. The van der Waals surface area contributed by atoms with E-state index in [1.54, 1.807) is 0 Å². The Labute approximate surface area is 741 Å². The number of amides is 4. The number of anilines is 1. The zero-order chi connectivity index (χ0) is 86.9. The van der Waals surface area contributed by atoms with E-state index < -0.39 is 0 Å². The normalized spacial score (nSPS) is 19.5. The van der Waals surface area contributed by atoms with Crippen molar-refractivity contribution in [3.63, 3.8) is 0 Å². The Bertz CT molecular complexity index is 5940. The molecule has 0 spiro atoms. The lowest BCUT2D eigenvalue weighted by atomic mass is 9.86. The number of aromatic amines is 4. The second-order valence-corrected chi connectivity index (χ2v) is 38.6. The highest BCUT2D eigenvalue weighted by atomic mass is 16.2. The third-order valence-electron chi connectivity index (χ3n) is 27.9. The number of H-pyrrole nitrogens is 4. The summed E-state index contributed by atoms with van der Waals surface area (Å²) in [5.74, 6) is 3.70. The fraction of sp³-hybridized carbons (Fsp3) is 0.396. The number of fused-ring (bicyclic) bond motifs is 4. The highest BCUT2D eigenvalue weighted by molar-refractivity contribution is 5.88. The second kappa shape index (κ2) is 38.3. The predicted octanol–water partition coefficient (Wildman–Crippen LogP) is 20.5. The Hall–Kier alpha value is -12.3. The van der Waals surface area contributed by atoms with E-state index in [1.165, 1.54) is 116 Å². The first-order valence-corrected chi connectivity index (χ1v) is 46.1. The van der Waals surface area contributed by atoms with Crippen molar-refractivity contribution in [2.24, 2.45) is 29.6 Å². The van der Waals surface area contributed by atoms with E-state index in [0.29, 0.717) is 60.8 Å². The van der Waals surface area contributed by atoms with Crippen LogP contribution in [0.2, 0.25) is 0 Å². The number of likely N-dealkylation sites (tertiary alicyclic amines) is 4. The Morgan fingerprint density at radius 2 is 0.794 bits per heavy atom. The number of carbonyl (C=O) groups is 4. The second-order valence-electron chi connectivity index (χ2n) is 38.6. The molecule has 7 aromatic heterocycles. The van der Waals surface area contributed by atoms with Crippen LogP contribution >= 0.6 is 0 Å². The van der Waals surface area contributed by atoms with Crippen LogP contribution in [-0.2, 0) is 64.5 Å². The molecule has 0 radical (unpaired) electrons. The third-order valence-corrected chi connectivity index (χ3v) is 27.9. The van der Waals surface area contributed by atoms with Crippen molar-refractivity contribution >= 4 is 62.0 Å². The summed E-state index contributed by atoms with van der Waals surface area (Å²) in [6.07, 6.45) is 38.6. The Morgan fingerprint density at radius 3 is 1.25 bits per heavy atom. The van der Waals surface area contributed by atoms with Gasteiger partial charge in [-0.3, -0.25) is 39.6 Å². The van der Waals surface area contributed by atoms with Gasteiger partial charge < -0.3 is 38.2 Å². The van der Waals surface area contributed by atoms with Gasteiger partial charge in [0.2, 0.25) is 23.6 Å². The van der Waals surface area contributed by atoms with Crippen molar-refractivity contribution in [1.82, 2.24) is 74.1 Å². The van der Waals surface area contributed by atoms with Crippen LogP contribution in [0.4, 0.5) is 5.69 Å². The number of benzene rings is 7. The van der Waals surface area contributed by atoms with Crippen molar-refractivity contribution in [3.05, 3.63) is 272 Å². The number of rotatable bonds is 22. The molecule has 14 aromatic rings. The van der Waals surface area contributed by atoms with E-state index in [2.05, 4.69) is 261 Å². The molecule has 12 heterocycles. The summed E-state index contributed by atoms with van der Waals surface area (Å²) in [5, 5.41) is 31.5. The molecule has 20 nitrogen and oxygen atoms in total. The van der Waals surface area contributed by atoms with Gasteiger partial charge in [0.15, 0.2) is 0 Å². The molecular formula is C106H124N16O4. The summed E-state index contributed by atoms with van der Waals surface area (Å²) in [6.45, 7) is 23.9. The molecule has 5 unspecified atom stereocenters. The molecule has 20 heteroatoms. The molecule has 652 valence electrons. The van der Waals surface area contributed by atoms with E-state index in [4.69, 9.17) is 0 Å². The van der Waals surface area contributed by atoms with E-state index in [-0.39, 0.29) is 34.3 Å². The van der Waals surface area contributed by atoms with Crippen LogP contribution < -0.4 is 4.90 Å². The molecule has 5 atom stereocenters. The number of nitrogens with one attached hydrogen (secondary N) is 4. The molecular weight excluding hydrogens is 1560 g/mol. The molecule has 7 aromatic carbocycles. The van der Waals surface area contributed by atoms with Crippen molar-refractivity contribution in [2.45, 2.75) is 200 Å². The van der Waals surface area contributed by atoms with Gasteiger partial charge in [0.25, 0.3) is 0 Å². The highest BCUT2D eigenvalue weighted by Gasteiger charge is 2.45. The lowest BCUT2D eigenvalue weighted by molar-refractivity contribution is -0.136. The number of aryl methyl sites for hydroxylation is 3. The number of hydrogen-bond acceptors (Lipinski definition) is 9. The summed E-state index contributed by atoms with van der Waals surface area (Å²) >= 11 is 0. The van der Waals surface area contributed by atoms with Gasteiger partial charge in [0.05, 0.1) is 31.2 Å². The fourth-order valence-electron chi connectivity index (χ4n) is 21.6. The van der Waals surface area contributed by atoms with Gasteiger partial charge in [-0.05, 0) is 254 Å². The number of aromatic nitrogens is 11. The zero-order valence-electron chi connectivity index (χ0n) is 74.5. The van der Waals surface area contributed by atoms with Crippen LogP contribution in [0.1, 0.15) is 154 Å². The van der Waals surface area contributed by atoms with Gasteiger partial charge in [-0.25, -0.2) is 0 Å². The Balaban J connectivity index is 0.000000119. The van der Waals surface area contributed by atoms with E-state index >= 15 is 0 Å². The topological polar surface area (TPSA) is 214 Å². The van der Waals surface area contributed by atoms with Crippen LogP contribution in [0.5, 0.6) is 0 Å². The molecule has 5 fully saturated rings. The maximum absolute atomic E-state index is 13.2. The number of nitrogens with zero attached hydrogens (tertiary/aromatic N) is 12. The minimum Gasteiger partial charge on any atom is -0.371 e. The van der Waals surface area contributed by atoms with Crippen LogP contribution in [0.3, 0.4) is 0 Å². The lowest BCUT2D eigenvalue weighted by Gasteiger charge is -2.33. The van der Waals surface area contributed by atoms with E-state index in [9.17, 15) is 19.2 Å². The number of hydrogen-bond donors (Lipinski definition) is 4. The first-order valence-electron chi connectivity index (χ1n) is 46.1.